The van der Waals surface area contributed by atoms with Crippen molar-refractivity contribution < 1.29 is 43.6 Å². The normalized spacial score (nSPS) is 21.8. The summed E-state index contributed by atoms with van der Waals surface area (Å²) < 4.78 is 17.2. The van der Waals surface area contributed by atoms with Crippen LogP contribution in [-0.2, 0) is 23.8 Å². The molecule has 0 spiro atoms. The predicted octanol–water partition coefficient (Wildman–Crippen LogP) is 5.39. The Morgan fingerprint density at radius 3 is 1.43 bits per heavy atom. The maximum Gasteiger partial charge on any atom is 0.410 e. The van der Waals surface area contributed by atoms with Crippen LogP contribution < -0.4 is 0 Å². The van der Waals surface area contributed by atoms with E-state index in [1.54, 1.807) is 0 Å². The average molecular weight is 689 g/mol. The molecule has 0 aromatic heterocycles. The van der Waals surface area contributed by atoms with Gasteiger partial charge in [0.15, 0.2) is 0 Å². The second-order valence-corrected chi connectivity index (χ2v) is 13.5. The Bertz CT molecular complexity index is 1940. The third kappa shape index (κ3) is 5.87. The van der Waals surface area contributed by atoms with Gasteiger partial charge >= 0.3 is 24.1 Å². The highest BCUT2D eigenvalue weighted by atomic mass is 16.6. The molecule has 2 saturated heterocycles. The van der Waals surface area contributed by atoms with Gasteiger partial charge in [-0.1, -0.05) is 97.1 Å². The molecule has 11 heteroatoms. The Kier molecular flexibility index (Phi) is 8.43. The molecular weight excluding hydrogens is 652 g/mol. The standard InChI is InChI=1S/C40H36N2O9/c43-23-17-36(41(19-23)39(47)49-21-33-29-13-5-1-9-25(29)26-10-2-6-14-30(26)33)38(46)51-24-18-35(37(44)45)42(20-24)40(48)50-22-34-31-15-7-3-11-27(31)28-12-4-8-16-32(28)34/h1-16,23-24,33-36,43H,17-22H2,(H,44,45)/t23-,24-,35-,36-/m0/s1. The second-order valence-electron chi connectivity index (χ2n) is 13.5. The number of carboxylic acid groups (broad SMARTS) is 1. The molecule has 2 heterocycles. The van der Waals surface area contributed by atoms with Gasteiger partial charge < -0.3 is 24.4 Å². The van der Waals surface area contributed by atoms with Crippen LogP contribution in [0.4, 0.5) is 9.59 Å². The Morgan fingerprint density at radius 2 is 1.00 bits per heavy atom. The smallest absolute Gasteiger partial charge is 0.410 e. The first-order valence-corrected chi connectivity index (χ1v) is 17.1. The zero-order valence-electron chi connectivity index (χ0n) is 27.6. The number of carboxylic acids is 1. The number of esters is 1. The molecule has 2 amide bonds. The molecule has 2 aliphatic heterocycles. The van der Waals surface area contributed by atoms with Crippen LogP contribution in [0.1, 0.15) is 46.9 Å². The van der Waals surface area contributed by atoms with E-state index in [1.807, 2.05) is 97.1 Å². The van der Waals surface area contributed by atoms with Crippen molar-refractivity contribution in [3.8, 4) is 22.3 Å². The number of hydrogen-bond acceptors (Lipinski definition) is 8. The first-order valence-electron chi connectivity index (χ1n) is 17.1. The van der Waals surface area contributed by atoms with E-state index in [-0.39, 0.29) is 51.0 Å². The molecule has 0 radical (unpaired) electrons. The average Bonchev–Trinajstić information content (AvgIpc) is 3.91. The number of ether oxygens (including phenoxy) is 3. The van der Waals surface area contributed by atoms with Crippen LogP contribution in [0, 0.1) is 0 Å². The molecule has 4 aromatic carbocycles. The summed E-state index contributed by atoms with van der Waals surface area (Å²) in [6.07, 6.45) is -3.72. The van der Waals surface area contributed by atoms with Gasteiger partial charge in [0.1, 0.15) is 31.4 Å². The minimum absolute atomic E-state index is 0.00914. The molecule has 0 bridgehead atoms. The van der Waals surface area contributed by atoms with E-state index in [0.29, 0.717) is 0 Å². The lowest BCUT2D eigenvalue weighted by Crippen LogP contribution is -2.43. The van der Waals surface area contributed by atoms with Crippen molar-refractivity contribution >= 4 is 24.1 Å². The zero-order chi connectivity index (χ0) is 35.2. The van der Waals surface area contributed by atoms with Gasteiger partial charge in [0, 0.05) is 24.7 Å². The number of amides is 2. The van der Waals surface area contributed by atoms with Gasteiger partial charge in [0.2, 0.25) is 0 Å². The lowest BCUT2D eigenvalue weighted by atomic mass is 9.98. The fourth-order valence-electron chi connectivity index (χ4n) is 8.15. The highest BCUT2D eigenvalue weighted by Crippen LogP contribution is 2.46. The molecule has 260 valence electrons. The summed E-state index contributed by atoms with van der Waals surface area (Å²) in [6.45, 7) is -0.265. The molecule has 2 aliphatic carbocycles. The summed E-state index contributed by atoms with van der Waals surface area (Å²) in [5.74, 6) is -2.45. The van der Waals surface area contributed by atoms with Crippen molar-refractivity contribution in [2.24, 2.45) is 0 Å². The Balaban J connectivity index is 0.904. The molecule has 2 N–H and O–H groups in total. The van der Waals surface area contributed by atoms with Gasteiger partial charge in [-0.15, -0.1) is 0 Å². The minimum atomic E-state index is -1.27. The molecule has 11 nitrogen and oxygen atoms in total. The molecule has 0 saturated carbocycles. The first kappa shape index (κ1) is 32.5. The monoisotopic (exact) mass is 688 g/mol. The largest absolute Gasteiger partial charge is 0.480 e. The van der Waals surface area contributed by atoms with E-state index in [1.165, 1.54) is 0 Å². The van der Waals surface area contributed by atoms with Crippen LogP contribution >= 0.6 is 0 Å². The number of carbonyl (C=O) groups is 4. The number of β-amino-alcohol motifs (C(OH)–C–C–N with tert-alkyl or cyclic N) is 1. The van der Waals surface area contributed by atoms with Gasteiger partial charge in [-0.05, 0) is 44.5 Å². The van der Waals surface area contributed by atoms with E-state index >= 15 is 0 Å². The van der Waals surface area contributed by atoms with Crippen LogP contribution in [0.2, 0.25) is 0 Å². The van der Waals surface area contributed by atoms with Gasteiger partial charge in [-0.25, -0.2) is 19.2 Å². The number of aliphatic hydroxyl groups is 1. The van der Waals surface area contributed by atoms with Crippen LogP contribution in [-0.4, -0.2) is 94.7 Å². The number of likely N-dealkylation sites (tertiary alicyclic amines) is 2. The summed E-state index contributed by atoms with van der Waals surface area (Å²) in [5, 5.41) is 20.4. The predicted molar refractivity (Wildman–Crippen MR) is 184 cm³/mol. The lowest BCUT2D eigenvalue weighted by Gasteiger charge is -2.25. The molecule has 0 unspecified atom stereocenters. The van der Waals surface area contributed by atoms with Crippen LogP contribution in [0.3, 0.4) is 0 Å². The quantitative estimate of drug-likeness (QED) is 0.193. The van der Waals surface area contributed by atoms with Gasteiger partial charge in [0.25, 0.3) is 0 Å². The Labute approximate surface area is 294 Å². The van der Waals surface area contributed by atoms with E-state index in [4.69, 9.17) is 14.2 Å². The first-order chi connectivity index (χ1) is 24.8. The summed E-state index contributed by atoms with van der Waals surface area (Å²) in [5.41, 5.74) is 8.41. The number of nitrogens with zero attached hydrogens (tertiary/aromatic N) is 2. The van der Waals surface area contributed by atoms with Crippen molar-refractivity contribution in [2.75, 3.05) is 26.3 Å². The maximum atomic E-state index is 13.5. The van der Waals surface area contributed by atoms with E-state index in [0.717, 1.165) is 54.3 Å². The highest BCUT2D eigenvalue weighted by Gasteiger charge is 2.46. The molecule has 8 rings (SSSR count). The summed E-state index contributed by atoms with van der Waals surface area (Å²) in [6, 6.07) is 29.3. The lowest BCUT2D eigenvalue weighted by molar-refractivity contribution is -0.153. The zero-order valence-corrected chi connectivity index (χ0v) is 27.6. The molecule has 51 heavy (non-hydrogen) atoms. The van der Waals surface area contributed by atoms with E-state index in [2.05, 4.69) is 0 Å². The van der Waals surface area contributed by atoms with Crippen LogP contribution in [0.5, 0.6) is 0 Å². The summed E-state index contributed by atoms with van der Waals surface area (Å²) >= 11 is 0. The van der Waals surface area contributed by atoms with Gasteiger partial charge in [-0.2, -0.15) is 0 Å². The summed E-state index contributed by atoms with van der Waals surface area (Å²) in [4.78, 5) is 54.6. The number of carbonyl (C=O) groups excluding carboxylic acids is 3. The number of benzene rings is 4. The Hall–Kier alpha value is -5.68. The van der Waals surface area contributed by atoms with Crippen molar-refractivity contribution in [1.82, 2.24) is 9.80 Å². The third-order valence-corrected chi connectivity index (χ3v) is 10.5. The van der Waals surface area contributed by atoms with Crippen molar-refractivity contribution in [3.05, 3.63) is 119 Å². The summed E-state index contributed by atoms with van der Waals surface area (Å²) in [7, 11) is 0. The molecule has 4 atom stereocenters. The number of aliphatic hydroxyl groups excluding tert-OH is 1. The van der Waals surface area contributed by atoms with E-state index < -0.39 is 48.4 Å². The van der Waals surface area contributed by atoms with E-state index in [9.17, 15) is 29.4 Å². The second kappa shape index (κ2) is 13.2. The van der Waals surface area contributed by atoms with Gasteiger partial charge in [-0.3, -0.25) is 9.80 Å². The van der Waals surface area contributed by atoms with Crippen LogP contribution in [0.15, 0.2) is 97.1 Å². The van der Waals surface area contributed by atoms with Crippen molar-refractivity contribution in [1.29, 1.82) is 0 Å². The van der Waals surface area contributed by atoms with Crippen molar-refractivity contribution in [2.45, 2.75) is 49.0 Å². The number of fused-ring (bicyclic) bond motifs is 6. The van der Waals surface area contributed by atoms with Gasteiger partial charge in [0.05, 0.1) is 19.2 Å². The number of aliphatic carboxylic acids is 1. The fourth-order valence-corrected chi connectivity index (χ4v) is 8.15. The number of hydrogen-bond donors (Lipinski definition) is 2. The highest BCUT2D eigenvalue weighted by molar-refractivity contribution is 5.84. The molecule has 4 aromatic rings. The maximum absolute atomic E-state index is 13.5. The fraction of sp³-hybridized carbons (Fsp3) is 0.300. The number of rotatable bonds is 7. The Morgan fingerprint density at radius 1 is 0.588 bits per heavy atom. The minimum Gasteiger partial charge on any atom is -0.480 e. The van der Waals surface area contributed by atoms with Crippen molar-refractivity contribution in [3.63, 3.8) is 0 Å². The van der Waals surface area contributed by atoms with Crippen LogP contribution in [0.25, 0.3) is 22.3 Å². The SMILES string of the molecule is O=C(O)[C@@H]1C[C@H](OC(=O)[C@@H]2C[C@H](O)CN2C(=O)OCC2c3ccccc3-c3ccccc32)CN1C(=O)OCC1c2ccccc2-c2ccccc21. The third-order valence-electron chi connectivity index (χ3n) is 10.5. The molecule has 2 fully saturated rings. The molecule has 4 aliphatic rings. The topological polar surface area (TPSA) is 143 Å². The molecular formula is C40H36N2O9.